The predicted octanol–water partition coefficient (Wildman–Crippen LogP) is 13.3. The molecule has 58 heavy (non-hydrogen) atoms. The van der Waals surface area contributed by atoms with E-state index in [1.165, 1.54) is 114 Å². The molecule has 7 aromatic carbocycles. The summed E-state index contributed by atoms with van der Waals surface area (Å²) in [5, 5.41) is 6.39. The summed E-state index contributed by atoms with van der Waals surface area (Å²) in [7, 11) is 0. The molecule has 13 rings (SSSR count). The topological polar surface area (TPSA) is 21.3 Å². The normalized spacial score (nSPS) is 14.2. The molecule has 3 aromatic heterocycles. The molecule has 0 saturated heterocycles. The van der Waals surface area contributed by atoms with E-state index in [0.29, 0.717) is 0 Å². The fourth-order valence-corrected chi connectivity index (χ4v) is 11.7. The van der Waals surface area contributed by atoms with Crippen LogP contribution in [0.25, 0.3) is 80.9 Å². The number of anilines is 2. The summed E-state index contributed by atoms with van der Waals surface area (Å²) in [6.45, 7) is 13.6. The molecule has 2 aliphatic heterocycles. The predicted molar refractivity (Wildman–Crippen MR) is 248 cm³/mol. The highest BCUT2D eigenvalue weighted by atomic mass is 32.1. The van der Waals surface area contributed by atoms with E-state index in [4.69, 9.17) is 4.42 Å². The average molecular weight is 765 g/mol. The lowest BCUT2D eigenvalue weighted by molar-refractivity contribution is 0.590. The van der Waals surface area contributed by atoms with Crippen LogP contribution in [0.1, 0.15) is 63.8 Å². The average Bonchev–Trinajstić information content (AvgIpc) is 3.96. The molecule has 0 atom stereocenters. The van der Waals surface area contributed by atoms with Gasteiger partial charge in [-0.3, -0.25) is 0 Å². The number of nitrogens with zero attached hydrogens (tertiary/aromatic N) is 2. The summed E-state index contributed by atoms with van der Waals surface area (Å²) >= 11 is 1.90. The van der Waals surface area contributed by atoms with Gasteiger partial charge in [-0.15, -0.1) is 11.3 Å². The minimum Gasteiger partial charge on any atom is -0.466 e. The number of rotatable bonds is 1. The van der Waals surface area contributed by atoms with Gasteiger partial charge >= 0.3 is 6.85 Å². The Morgan fingerprint density at radius 2 is 1.34 bits per heavy atom. The third-order valence-corrected chi connectivity index (χ3v) is 14.6. The van der Waals surface area contributed by atoms with Gasteiger partial charge in [-0.05, 0) is 116 Å². The fourth-order valence-electron chi connectivity index (χ4n) is 10.6. The molecule has 10 aromatic rings. The van der Waals surface area contributed by atoms with Gasteiger partial charge in [-0.1, -0.05) is 114 Å². The zero-order valence-corrected chi connectivity index (χ0v) is 34.4. The van der Waals surface area contributed by atoms with Gasteiger partial charge < -0.3 is 13.8 Å². The first kappa shape index (κ1) is 33.0. The second-order valence-corrected chi connectivity index (χ2v) is 20.0. The molecule has 1 aliphatic carbocycles. The van der Waals surface area contributed by atoms with Crippen molar-refractivity contribution >= 4 is 93.6 Å². The summed E-state index contributed by atoms with van der Waals surface area (Å²) < 4.78 is 12.6. The molecule has 5 heteroatoms. The Labute approximate surface area is 342 Å². The van der Waals surface area contributed by atoms with Gasteiger partial charge in [0.2, 0.25) is 0 Å². The third-order valence-electron chi connectivity index (χ3n) is 13.5. The maximum absolute atomic E-state index is 7.33. The van der Waals surface area contributed by atoms with Gasteiger partial charge in [0, 0.05) is 53.3 Å². The van der Waals surface area contributed by atoms with Crippen molar-refractivity contribution in [2.24, 2.45) is 0 Å². The van der Waals surface area contributed by atoms with Gasteiger partial charge in [0.1, 0.15) is 11.2 Å². The zero-order valence-electron chi connectivity index (χ0n) is 33.6. The van der Waals surface area contributed by atoms with Crippen molar-refractivity contribution in [3.8, 4) is 27.9 Å². The van der Waals surface area contributed by atoms with Crippen molar-refractivity contribution in [2.45, 2.75) is 58.8 Å². The zero-order chi connectivity index (χ0) is 39.0. The summed E-state index contributed by atoms with van der Waals surface area (Å²) in [4.78, 5) is 2.62. The van der Waals surface area contributed by atoms with Gasteiger partial charge in [0.15, 0.2) is 0 Å². The fraction of sp³-hybridized carbons (Fsp3) is 0.170. The van der Waals surface area contributed by atoms with Crippen LogP contribution in [0.5, 0.6) is 0 Å². The Kier molecular flexibility index (Phi) is 6.21. The van der Waals surface area contributed by atoms with Crippen LogP contribution in [-0.2, 0) is 17.3 Å². The van der Waals surface area contributed by atoms with E-state index in [9.17, 15) is 0 Å². The van der Waals surface area contributed by atoms with Crippen molar-refractivity contribution in [3.63, 3.8) is 0 Å². The molecule has 0 saturated carbocycles. The molecule has 278 valence electrons. The summed E-state index contributed by atoms with van der Waals surface area (Å²) in [6, 6.07) is 48.8. The Hall–Kier alpha value is -6.04. The lowest BCUT2D eigenvalue weighted by Gasteiger charge is -2.40. The van der Waals surface area contributed by atoms with Crippen molar-refractivity contribution in [1.29, 1.82) is 0 Å². The maximum Gasteiger partial charge on any atom is 0.375 e. The van der Waals surface area contributed by atoms with E-state index in [1.54, 1.807) is 0 Å². The summed E-state index contributed by atoms with van der Waals surface area (Å²) in [5.74, 6) is 0. The molecule has 0 fully saturated rings. The SMILES string of the molecule is CC(C)(C)c1ccc(N2B3c4oc5ccc(C(C)(C)C)cc5c4-n4c5cc6c(cc5c5ccc(c3c54)-c3cc4c(cc32)Cc2ccccc2-4)sc2ccccc26)cc1. The van der Waals surface area contributed by atoms with Gasteiger partial charge in [-0.2, -0.15) is 0 Å². The van der Waals surface area contributed by atoms with Crippen molar-refractivity contribution in [3.05, 3.63) is 150 Å². The van der Waals surface area contributed by atoms with Crippen molar-refractivity contribution in [1.82, 2.24) is 4.57 Å². The van der Waals surface area contributed by atoms with Crippen molar-refractivity contribution in [2.75, 3.05) is 4.81 Å². The first-order chi connectivity index (χ1) is 28.0. The van der Waals surface area contributed by atoms with Crippen LogP contribution in [0.15, 0.2) is 132 Å². The second-order valence-electron chi connectivity index (χ2n) is 18.9. The quantitative estimate of drug-likeness (QED) is 0.155. The summed E-state index contributed by atoms with van der Waals surface area (Å²) in [6.07, 6.45) is 0.942. The number of hydrogen-bond acceptors (Lipinski definition) is 3. The maximum atomic E-state index is 7.33. The largest absolute Gasteiger partial charge is 0.466 e. The second kappa shape index (κ2) is 10.9. The minimum atomic E-state index is -0.173. The molecule has 0 N–H and O–H groups in total. The Balaban J connectivity index is 1.20. The number of hydrogen-bond donors (Lipinski definition) is 0. The molecule has 0 radical (unpaired) electrons. The molecule has 5 heterocycles. The molecule has 0 unspecified atom stereocenters. The van der Waals surface area contributed by atoms with Gasteiger partial charge in [0.05, 0.1) is 16.7 Å². The van der Waals surface area contributed by atoms with Gasteiger partial charge in [-0.25, -0.2) is 0 Å². The molecule has 3 nitrogen and oxygen atoms in total. The highest BCUT2D eigenvalue weighted by Crippen LogP contribution is 2.51. The number of aromatic nitrogens is 1. The van der Waals surface area contributed by atoms with Crippen LogP contribution in [0, 0.1) is 0 Å². The lowest BCUT2D eigenvalue weighted by Crippen LogP contribution is -2.60. The smallest absolute Gasteiger partial charge is 0.375 e. The van der Waals surface area contributed by atoms with Crippen LogP contribution in [0.2, 0.25) is 0 Å². The molecule has 3 aliphatic rings. The third kappa shape index (κ3) is 4.25. The molecule has 0 amide bonds. The Morgan fingerprint density at radius 3 is 2.17 bits per heavy atom. The first-order valence-electron chi connectivity index (χ1n) is 20.7. The molecule has 0 spiro atoms. The van der Waals surface area contributed by atoms with Crippen LogP contribution < -0.4 is 15.9 Å². The number of furan rings is 1. The van der Waals surface area contributed by atoms with E-state index in [-0.39, 0.29) is 17.7 Å². The highest BCUT2D eigenvalue weighted by Gasteiger charge is 2.47. The van der Waals surface area contributed by atoms with E-state index in [1.807, 2.05) is 11.3 Å². The standard InChI is InChI=1S/C53H41BN2OS/c1-52(2,3)31-15-18-33(19-16-31)56-44-24-30-23-29-11-7-8-12-34(29)38(30)26-39(44)36-20-21-37-40-28-47-41(35-13-9-10-14-46(35)58-47)27-43(40)55-49(37)48(36)54(56)51-50(55)42-25-32(53(4,5)6)17-22-45(42)57-51/h7-22,24-28H,23H2,1-6H3. The van der Waals surface area contributed by atoms with E-state index >= 15 is 0 Å². The van der Waals surface area contributed by atoms with E-state index in [0.717, 1.165) is 17.7 Å². The Morgan fingerprint density at radius 1 is 0.569 bits per heavy atom. The monoisotopic (exact) mass is 764 g/mol. The first-order valence-corrected chi connectivity index (χ1v) is 21.5. The minimum absolute atomic E-state index is 0.0174. The lowest BCUT2D eigenvalue weighted by atomic mass is 9.46. The number of thiophene rings is 1. The van der Waals surface area contributed by atoms with Crippen LogP contribution in [-0.4, -0.2) is 11.4 Å². The van der Waals surface area contributed by atoms with E-state index in [2.05, 4.69) is 178 Å². The Bertz CT molecular complexity index is 3460. The van der Waals surface area contributed by atoms with E-state index < -0.39 is 0 Å². The van der Waals surface area contributed by atoms with Gasteiger partial charge in [0.25, 0.3) is 0 Å². The molecule has 0 bridgehead atoms. The molecular weight excluding hydrogens is 723 g/mol. The highest BCUT2D eigenvalue weighted by molar-refractivity contribution is 7.25. The number of fused-ring (bicyclic) bond motifs is 16. The molecular formula is C53H41BN2OS. The summed E-state index contributed by atoms with van der Waals surface area (Å²) in [5.41, 5.74) is 20.1. The van der Waals surface area contributed by atoms with Crippen molar-refractivity contribution < 1.29 is 4.42 Å². The number of benzene rings is 7. The van der Waals surface area contributed by atoms with Crippen LogP contribution >= 0.6 is 11.3 Å². The van der Waals surface area contributed by atoms with Crippen LogP contribution in [0.4, 0.5) is 11.4 Å². The van der Waals surface area contributed by atoms with Crippen LogP contribution in [0.3, 0.4) is 0 Å².